The highest BCUT2D eigenvalue weighted by Gasteiger charge is 2.27. The predicted octanol–water partition coefficient (Wildman–Crippen LogP) is 3.98. The molecule has 3 rings (SSSR count). The van der Waals surface area contributed by atoms with Gasteiger partial charge in [0.1, 0.15) is 0 Å². The van der Waals surface area contributed by atoms with Crippen LogP contribution in [-0.4, -0.2) is 20.9 Å². The van der Waals surface area contributed by atoms with Crippen LogP contribution in [0.3, 0.4) is 0 Å². The molecule has 0 spiro atoms. The van der Waals surface area contributed by atoms with Gasteiger partial charge in [0.25, 0.3) is 0 Å². The molecule has 4 nitrogen and oxygen atoms in total. The third-order valence-corrected chi connectivity index (χ3v) is 3.44. The zero-order chi connectivity index (χ0) is 17.0. The average Bonchev–Trinajstić information content (AvgIpc) is 3.02. The lowest BCUT2D eigenvalue weighted by molar-refractivity contribution is -0.127. The van der Waals surface area contributed by atoms with Crippen LogP contribution in [0.2, 0.25) is 0 Å². The number of anilines is 1. The van der Waals surface area contributed by atoms with Crippen LogP contribution < -0.4 is 5.32 Å². The zero-order valence-electron chi connectivity index (χ0n) is 12.7. The van der Waals surface area contributed by atoms with Gasteiger partial charge in [-0.05, 0) is 35.9 Å². The highest BCUT2D eigenvalue weighted by Crippen LogP contribution is 2.22. The molecule has 124 valence electrons. The van der Waals surface area contributed by atoms with E-state index in [4.69, 9.17) is 0 Å². The average molecular weight is 332 g/mol. The number of nitrogens with one attached hydrogen (secondary N) is 1. The smallest absolute Gasteiger partial charge is 0.379 e. The van der Waals surface area contributed by atoms with E-state index in [9.17, 15) is 13.2 Å². The second-order valence-electron chi connectivity index (χ2n) is 5.29. The topological polar surface area (TPSA) is 42.7 Å². The number of pyridine rings is 1. The molecule has 2 aromatic heterocycles. The Hall–Kier alpha value is -2.83. The van der Waals surface area contributed by atoms with E-state index in [-0.39, 0.29) is 5.56 Å². The van der Waals surface area contributed by atoms with Crippen molar-refractivity contribution >= 4 is 5.69 Å². The second kappa shape index (κ2) is 6.74. The highest BCUT2D eigenvalue weighted by atomic mass is 19.4. The van der Waals surface area contributed by atoms with Crippen molar-refractivity contribution < 1.29 is 13.2 Å². The molecule has 3 aromatic rings. The van der Waals surface area contributed by atoms with Crippen molar-refractivity contribution in [1.82, 2.24) is 14.8 Å². The Balaban J connectivity index is 1.66. The van der Waals surface area contributed by atoms with Gasteiger partial charge in [0.2, 0.25) is 0 Å². The molecule has 7 heteroatoms. The molecule has 0 unspecified atom stereocenters. The summed E-state index contributed by atoms with van der Waals surface area (Å²) in [5, 5.41) is 7.45. The van der Waals surface area contributed by atoms with Crippen LogP contribution >= 0.6 is 0 Å². The molecule has 0 fully saturated rings. The van der Waals surface area contributed by atoms with Crippen molar-refractivity contribution in [2.75, 3.05) is 5.32 Å². The first-order valence-corrected chi connectivity index (χ1v) is 7.34. The quantitative estimate of drug-likeness (QED) is 0.768. The number of alkyl halides is 3. The molecule has 0 radical (unpaired) electrons. The fourth-order valence-electron chi connectivity index (χ4n) is 2.34. The van der Waals surface area contributed by atoms with Gasteiger partial charge in [-0.2, -0.15) is 18.3 Å². The third-order valence-electron chi connectivity index (χ3n) is 3.44. The van der Waals surface area contributed by atoms with Gasteiger partial charge in [-0.3, -0.25) is 4.98 Å². The lowest BCUT2D eigenvalue weighted by Crippen LogP contribution is -2.11. The summed E-state index contributed by atoms with van der Waals surface area (Å²) in [4.78, 5) is 4.07. The summed E-state index contributed by atoms with van der Waals surface area (Å²) in [5.41, 5.74) is 2.76. The molecule has 0 aliphatic carbocycles. The standard InChI is InChI=1S/C17H15F3N4/c18-17(19,20)10-13-3-5-14(6-4-13)22-12-16-7-9-23-24(16)15-2-1-8-21-11-15/h1-9,11,22H,10,12H2. The summed E-state index contributed by atoms with van der Waals surface area (Å²) in [6, 6.07) is 11.8. The zero-order valence-corrected chi connectivity index (χ0v) is 12.7. The lowest BCUT2D eigenvalue weighted by Gasteiger charge is -2.10. The molecule has 2 heterocycles. The van der Waals surface area contributed by atoms with E-state index in [1.54, 1.807) is 35.4 Å². The Bertz CT molecular complexity index is 780. The molecule has 0 aliphatic heterocycles. The van der Waals surface area contributed by atoms with E-state index in [0.717, 1.165) is 17.1 Å². The Morgan fingerprint density at radius 2 is 1.79 bits per heavy atom. The number of nitrogens with zero attached hydrogens (tertiary/aromatic N) is 3. The van der Waals surface area contributed by atoms with Crippen LogP contribution in [0.25, 0.3) is 5.69 Å². The normalized spacial score (nSPS) is 11.5. The first kappa shape index (κ1) is 16.0. The Morgan fingerprint density at radius 3 is 2.46 bits per heavy atom. The fraction of sp³-hybridized carbons (Fsp3) is 0.176. The van der Waals surface area contributed by atoms with Gasteiger partial charge in [-0.25, -0.2) is 4.68 Å². The van der Waals surface area contributed by atoms with Gasteiger partial charge >= 0.3 is 6.18 Å². The molecule has 0 saturated carbocycles. The van der Waals surface area contributed by atoms with Gasteiger partial charge < -0.3 is 5.32 Å². The minimum absolute atomic E-state index is 0.244. The summed E-state index contributed by atoms with van der Waals surface area (Å²) in [6.07, 6.45) is -0.0154. The molecular formula is C17H15F3N4. The van der Waals surface area contributed by atoms with Gasteiger partial charge in [-0.15, -0.1) is 0 Å². The number of hydrogen-bond acceptors (Lipinski definition) is 3. The van der Waals surface area contributed by atoms with E-state index in [1.807, 2.05) is 18.2 Å². The van der Waals surface area contributed by atoms with Crippen molar-refractivity contribution in [2.45, 2.75) is 19.1 Å². The van der Waals surface area contributed by atoms with Crippen LogP contribution in [0, 0.1) is 0 Å². The first-order valence-electron chi connectivity index (χ1n) is 7.34. The van der Waals surface area contributed by atoms with Crippen LogP contribution in [-0.2, 0) is 13.0 Å². The number of rotatable bonds is 5. The molecule has 0 bridgehead atoms. The molecule has 0 saturated heterocycles. The maximum absolute atomic E-state index is 12.4. The van der Waals surface area contributed by atoms with Crippen molar-refractivity contribution in [2.24, 2.45) is 0 Å². The summed E-state index contributed by atoms with van der Waals surface area (Å²) < 4.78 is 38.8. The Labute approximate surface area is 137 Å². The van der Waals surface area contributed by atoms with Crippen LogP contribution in [0.4, 0.5) is 18.9 Å². The Morgan fingerprint density at radius 1 is 1.00 bits per heavy atom. The monoisotopic (exact) mass is 332 g/mol. The Kier molecular flexibility index (Phi) is 4.50. The van der Waals surface area contributed by atoms with Crippen LogP contribution in [0.1, 0.15) is 11.3 Å². The second-order valence-corrected chi connectivity index (χ2v) is 5.29. The van der Waals surface area contributed by atoms with Crippen LogP contribution in [0.5, 0.6) is 0 Å². The maximum atomic E-state index is 12.4. The molecular weight excluding hydrogens is 317 g/mol. The summed E-state index contributed by atoms with van der Waals surface area (Å²) in [5.74, 6) is 0. The summed E-state index contributed by atoms with van der Waals surface area (Å²) >= 11 is 0. The molecule has 1 N–H and O–H groups in total. The van der Waals surface area contributed by atoms with Crippen molar-refractivity contribution in [3.8, 4) is 5.69 Å². The number of benzene rings is 1. The number of halogens is 3. The number of aromatic nitrogens is 3. The van der Waals surface area contributed by atoms with Gasteiger partial charge in [0.05, 0.1) is 30.5 Å². The first-order chi connectivity index (χ1) is 11.5. The molecule has 0 amide bonds. The van der Waals surface area contributed by atoms with E-state index in [1.165, 1.54) is 12.1 Å². The third kappa shape index (κ3) is 4.13. The number of hydrogen-bond donors (Lipinski definition) is 1. The predicted molar refractivity (Wildman–Crippen MR) is 84.9 cm³/mol. The molecule has 0 atom stereocenters. The highest BCUT2D eigenvalue weighted by molar-refractivity contribution is 5.45. The van der Waals surface area contributed by atoms with E-state index < -0.39 is 12.6 Å². The van der Waals surface area contributed by atoms with Gasteiger partial charge in [0.15, 0.2) is 0 Å². The SMILES string of the molecule is FC(F)(F)Cc1ccc(NCc2ccnn2-c2cccnc2)cc1. The summed E-state index contributed by atoms with van der Waals surface area (Å²) in [6.45, 7) is 0.494. The largest absolute Gasteiger partial charge is 0.393 e. The van der Waals surface area contributed by atoms with Crippen molar-refractivity contribution in [1.29, 1.82) is 0 Å². The van der Waals surface area contributed by atoms with Crippen molar-refractivity contribution in [3.05, 3.63) is 72.3 Å². The lowest BCUT2D eigenvalue weighted by atomic mass is 10.1. The van der Waals surface area contributed by atoms with E-state index in [2.05, 4.69) is 15.4 Å². The van der Waals surface area contributed by atoms with Gasteiger partial charge in [-0.1, -0.05) is 12.1 Å². The molecule has 24 heavy (non-hydrogen) atoms. The van der Waals surface area contributed by atoms with Gasteiger partial charge in [0, 0.05) is 18.1 Å². The van der Waals surface area contributed by atoms with Crippen molar-refractivity contribution in [3.63, 3.8) is 0 Å². The molecule has 0 aliphatic rings. The maximum Gasteiger partial charge on any atom is 0.393 e. The summed E-state index contributed by atoms with van der Waals surface area (Å²) in [7, 11) is 0. The minimum atomic E-state index is -4.19. The minimum Gasteiger partial charge on any atom is -0.379 e. The van der Waals surface area contributed by atoms with E-state index in [0.29, 0.717) is 6.54 Å². The van der Waals surface area contributed by atoms with E-state index >= 15 is 0 Å². The van der Waals surface area contributed by atoms with Crippen LogP contribution in [0.15, 0.2) is 61.1 Å². The molecule has 1 aromatic carbocycles. The fourth-order valence-corrected chi connectivity index (χ4v) is 2.34.